The van der Waals surface area contributed by atoms with Gasteiger partial charge in [0, 0.05) is 24.5 Å². The molecule has 1 heterocycles. The molecule has 0 saturated heterocycles. The van der Waals surface area contributed by atoms with E-state index in [1.807, 2.05) is 17.8 Å². The zero-order valence-electron chi connectivity index (χ0n) is 9.91. The van der Waals surface area contributed by atoms with E-state index in [0.29, 0.717) is 0 Å². The van der Waals surface area contributed by atoms with Crippen LogP contribution in [0.3, 0.4) is 0 Å². The molecule has 0 bridgehead atoms. The predicted molar refractivity (Wildman–Crippen MR) is 74.4 cm³/mol. The number of rotatable bonds is 5. The van der Waals surface area contributed by atoms with Crippen LogP contribution in [-0.4, -0.2) is 24.6 Å². The first-order valence-electron chi connectivity index (χ1n) is 6.02. The lowest BCUT2D eigenvalue weighted by Gasteiger charge is -2.19. The van der Waals surface area contributed by atoms with E-state index >= 15 is 0 Å². The molecule has 2 N–H and O–H groups in total. The Bertz CT molecular complexity index is 352. The van der Waals surface area contributed by atoms with E-state index in [0.717, 1.165) is 12.2 Å². The summed E-state index contributed by atoms with van der Waals surface area (Å²) in [6.07, 6.45) is 2.45. The van der Waals surface area contributed by atoms with Crippen LogP contribution in [0, 0.1) is 0 Å². The average Bonchev–Trinajstić information content (AvgIpc) is 2.67. The number of fused-ring (bicyclic) bond motifs is 1. The smallest absolute Gasteiger partial charge is 0.0420 e. The third-order valence-corrected chi connectivity index (χ3v) is 4.01. The van der Waals surface area contributed by atoms with Crippen molar-refractivity contribution in [3.05, 3.63) is 23.8 Å². The SMILES string of the molecule is CCSCCCN1CCc2ccc(N)cc21. The van der Waals surface area contributed by atoms with Crippen molar-refractivity contribution in [1.82, 2.24) is 0 Å². The summed E-state index contributed by atoms with van der Waals surface area (Å²) in [5, 5.41) is 0. The van der Waals surface area contributed by atoms with Gasteiger partial charge in [-0.3, -0.25) is 0 Å². The fraction of sp³-hybridized carbons (Fsp3) is 0.538. The minimum Gasteiger partial charge on any atom is -0.399 e. The van der Waals surface area contributed by atoms with Gasteiger partial charge >= 0.3 is 0 Å². The zero-order chi connectivity index (χ0) is 11.4. The van der Waals surface area contributed by atoms with Crippen molar-refractivity contribution in [2.24, 2.45) is 0 Å². The normalized spacial score (nSPS) is 14.2. The number of hydrogen-bond donors (Lipinski definition) is 1. The first-order valence-corrected chi connectivity index (χ1v) is 7.18. The second-order valence-electron chi connectivity index (χ2n) is 4.18. The summed E-state index contributed by atoms with van der Waals surface area (Å²) < 4.78 is 0. The van der Waals surface area contributed by atoms with E-state index in [1.165, 1.54) is 42.1 Å². The molecule has 1 aliphatic rings. The molecule has 88 valence electrons. The molecule has 0 unspecified atom stereocenters. The molecule has 16 heavy (non-hydrogen) atoms. The summed E-state index contributed by atoms with van der Waals surface area (Å²) in [6, 6.07) is 6.30. The van der Waals surface area contributed by atoms with Gasteiger partial charge in [0.1, 0.15) is 0 Å². The number of nitrogen functional groups attached to an aromatic ring is 1. The van der Waals surface area contributed by atoms with Crippen LogP contribution < -0.4 is 10.6 Å². The molecule has 2 rings (SSSR count). The Labute approximate surface area is 102 Å². The summed E-state index contributed by atoms with van der Waals surface area (Å²) in [6.45, 7) is 4.55. The summed E-state index contributed by atoms with van der Waals surface area (Å²) >= 11 is 2.02. The van der Waals surface area contributed by atoms with Crippen LogP contribution in [0.2, 0.25) is 0 Å². The fourth-order valence-electron chi connectivity index (χ4n) is 2.20. The van der Waals surface area contributed by atoms with E-state index in [-0.39, 0.29) is 0 Å². The van der Waals surface area contributed by atoms with Gasteiger partial charge in [-0.05, 0) is 42.0 Å². The molecular formula is C13H20N2S. The minimum atomic E-state index is 0.883. The average molecular weight is 236 g/mol. The third-order valence-electron chi connectivity index (χ3n) is 3.02. The number of thioether (sulfide) groups is 1. The van der Waals surface area contributed by atoms with Gasteiger partial charge in [0.25, 0.3) is 0 Å². The van der Waals surface area contributed by atoms with Crippen LogP contribution in [0.25, 0.3) is 0 Å². The number of benzene rings is 1. The van der Waals surface area contributed by atoms with Crippen LogP contribution in [0.1, 0.15) is 18.9 Å². The Hall–Kier alpha value is -0.830. The number of hydrogen-bond acceptors (Lipinski definition) is 3. The van der Waals surface area contributed by atoms with Crippen LogP contribution >= 0.6 is 11.8 Å². The van der Waals surface area contributed by atoms with E-state index in [1.54, 1.807) is 0 Å². The maximum absolute atomic E-state index is 5.84. The van der Waals surface area contributed by atoms with Crippen molar-refractivity contribution >= 4 is 23.1 Å². The second kappa shape index (κ2) is 5.48. The van der Waals surface area contributed by atoms with Crippen LogP contribution in [0.4, 0.5) is 11.4 Å². The van der Waals surface area contributed by atoms with E-state index < -0.39 is 0 Å². The first-order chi connectivity index (χ1) is 7.81. The summed E-state index contributed by atoms with van der Waals surface area (Å²) in [4.78, 5) is 2.47. The van der Waals surface area contributed by atoms with Crippen molar-refractivity contribution in [1.29, 1.82) is 0 Å². The maximum atomic E-state index is 5.84. The summed E-state index contributed by atoms with van der Waals surface area (Å²) in [5.41, 5.74) is 9.54. The Morgan fingerprint density at radius 3 is 3.12 bits per heavy atom. The monoisotopic (exact) mass is 236 g/mol. The highest BCUT2D eigenvalue weighted by molar-refractivity contribution is 7.99. The van der Waals surface area contributed by atoms with Gasteiger partial charge in [-0.2, -0.15) is 11.8 Å². The molecule has 0 atom stereocenters. The first kappa shape index (κ1) is 11.6. The molecule has 0 aliphatic carbocycles. The van der Waals surface area contributed by atoms with Crippen molar-refractivity contribution in [2.45, 2.75) is 19.8 Å². The van der Waals surface area contributed by atoms with Gasteiger partial charge in [0.2, 0.25) is 0 Å². The molecular weight excluding hydrogens is 216 g/mol. The topological polar surface area (TPSA) is 29.3 Å². The summed E-state index contributed by atoms with van der Waals surface area (Å²) in [5.74, 6) is 2.49. The van der Waals surface area contributed by atoms with E-state index in [9.17, 15) is 0 Å². The highest BCUT2D eigenvalue weighted by Crippen LogP contribution is 2.29. The largest absolute Gasteiger partial charge is 0.399 e. The Morgan fingerprint density at radius 1 is 1.44 bits per heavy atom. The lowest BCUT2D eigenvalue weighted by molar-refractivity contribution is 0.802. The molecule has 0 radical (unpaired) electrons. The zero-order valence-corrected chi connectivity index (χ0v) is 10.7. The molecule has 1 aromatic rings. The van der Waals surface area contributed by atoms with Gasteiger partial charge in [-0.15, -0.1) is 0 Å². The van der Waals surface area contributed by atoms with E-state index in [4.69, 9.17) is 5.73 Å². The minimum absolute atomic E-state index is 0.883. The molecule has 2 nitrogen and oxygen atoms in total. The molecule has 0 saturated carbocycles. The van der Waals surface area contributed by atoms with Crippen LogP contribution in [0.15, 0.2) is 18.2 Å². The van der Waals surface area contributed by atoms with Gasteiger partial charge < -0.3 is 10.6 Å². The van der Waals surface area contributed by atoms with Crippen molar-refractivity contribution < 1.29 is 0 Å². The second-order valence-corrected chi connectivity index (χ2v) is 5.57. The standard InChI is InChI=1S/C13H20N2S/c1-2-16-9-3-7-15-8-6-11-4-5-12(14)10-13(11)15/h4-5,10H,2-3,6-9,14H2,1H3. The Kier molecular flexibility index (Phi) is 3.99. The highest BCUT2D eigenvalue weighted by atomic mass is 32.2. The molecule has 0 fully saturated rings. The van der Waals surface area contributed by atoms with Crippen molar-refractivity contribution in [2.75, 3.05) is 35.2 Å². The lowest BCUT2D eigenvalue weighted by atomic mass is 10.1. The Morgan fingerprint density at radius 2 is 2.31 bits per heavy atom. The van der Waals surface area contributed by atoms with Crippen LogP contribution in [0.5, 0.6) is 0 Å². The Balaban J connectivity index is 1.92. The van der Waals surface area contributed by atoms with Gasteiger partial charge in [0.05, 0.1) is 0 Å². The molecule has 3 heteroatoms. The maximum Gasteiger partial charge on any atom is 0.0420 e. The quantitative estimate of drug-likeness (QED) is 0.629. The van der Waals surface area contributed by atoms with Gasteiger partial charge in [-0.25, -0.2) is 0 Å². The van der Waals surface area contributed by atoms with Gasteiger partial charge in [-0.1, -0.05) is 13.0 Å². The van der Waals surface area contributed by atoms with Crippen molar-refractivity contribution in [3.63, 3.8) is 0 Å². The molecule has 1 aromatic carbocycles. The molecule has 0 spiro atoms. The van der Waals surface area contributed by atoms with Crippen molar-refractivity contribution in [3.8, 4) is 0 Å². The predicted octanol–water partition coefficient (Wildman–Crippen LogP) is 2.77. The van der Waals surface area contributed by atoms with Crippen LogP contribution in [-0.2, 0) is 6.42 Å². The fourth-order valence-corrected chi connectivity index (χ4v) is 2.82. The number of anilines is 2. The highest BCUT2D eigenvalue weighted by Gasteiger charge is 2.18. The van der Waals surface area contributed by atoms with Gasteiger partial charge in [0.15, 0.2) is 0 Å². The number of nitrogens with zero attached hydrogens (tertiary/aromatic N) is 1. The lowest BCUT2D eigenvalue weighted by Crippen LogP contribution is -2.22. The molecule has 0 amide bonds. The molecule has 0 aromatic heterocycles. The third kappa shape index (κ3) is 2.64. The molecule has 1 aliphatic heterocycles. The van der Waals surface area contributed by atoms with E-state index in [2.05, 4.69) is 24.0 Å². The number of nitrogens with two attached hydrogens (primary N) is 1. The summed E-state index contributed by atoms with van der Waals surface area (Å²) in [7, 11) is 0.